The minimum Gasteiger partial charge on any atom is -0.396 e. The van der Waals surface area contributed by atoms with E-state index in [2.05, 4.69) is 4.90 Å². The number of hydrogen-bond acceptors (Lipinski definition) is 3. The number of hydrogen-bond donors (Lipinski definition) is 1. The molecular weight excluding hydrogens is 252 g/mol. The highest BCUT2D eigenvalue weighted by atomic mass is 16.3. The molecule has 2 saturated heterocycles. The van der Waals surface area contributed by atoms with Gasteiger partial charge in [-0.3, -0.25) is 4.79 Å². The van der Waals surface area contributed by atoms with Crippen LogP contribution in [0.5, 0.6) is 0 Å². The summed E-state index contributed by atoms with van der Waals surface area (Å²) in [5.74, 6) is 1.07. The maximum atomic E-state index is 12.0. The summed E-state index contributed by atoms with van der Waals surface area (Å²) < 4.78 is 0. The van der Waals surface area contributed by atoms with E-state index in [1.807, 2.05) is 4.90 Å². The quantitative estimate of drug-likeness (QED) is 0.848. The van der Waals surface area contributed by atoms with Crippen LogP contribution in [-0.4, -0.2) is 59.6 Å². The van der Waals surface area contributed by atoms with Gasteiger partial charge in [-0.2, -0.15) is 0 Å². The van der Waals surface area contributed by atoms with Crippen LogP contribution in [0.15, 0.2) is 0 Å². The van der Waals surface area contributed by atoms with Gasteiger partial charge in [0.1, 0.15) is 0 Å². The fraction of sp³-hybridized carbons (Fsp3) is 0.938. The molecule has 1 saturated carbocycles. The minimum atomic E-state index is 0.154. The molecule has 3 rings (SSSR count). The van der Waals surface area contributed by atoms with Crippen LogP contribution >= 0.6 is 0 Å². The molecule has 0 aromatic rings. The Morgan fingerprint density at radius 2 is 1.85 bits per heavy atom. The highest BCUT2D eigenvalue weighted by molar-refractivity contribution is 5.78. The number of rotatable bonds is 4. The number of aliphatic hydroxyl groups excluding tert-OH is 1. The maximum absolute atomic E-state index is 12.0. The second-order valence-corrected chi connectivity index (χ2v) is 6.99. The molecule has 3 aliphatic rings. The average Bonchev–Trinajstić information content (AvgIpc) is 3.10. The zero-order chi connectivity index (χ0) is 13.9. The van der Waals surface area contributed by atoms with Crippen molar-refractivity contribution in [2.75, 3.05) is 32.8 Å². The Morgan fingerprint density at radius 1 is 1.05 bits per heavy atom. The summed E-state index contributed by atoms with van der Waals surface area (Å²) in [7, 11) is 0. The summed E-state index contributed by atoms with van der Waals surface area (Å²) in [6, 6.07) is 0.817. The van der Waals surface area contributed by atoms with Crippen molar-refractivity contribution in [3.8, 4) is 0 Å². The molecule has 2 unspecified atom stereocenters. The smallest absolute Gasteiger partial charge is 0.223 e. The van der Waals surface area contributed by atoms with Gasteiger partial charge in [-0.05, 0) is 38.1 Å². The molecular formula is C16H28N2O2. The van der Waals surface area contributed by atoms with E-state index >= 15 is 0 Å². The van der Waals surface area contributed by atoms with Gasteiger partial charge in [-0.1, -0.05) is 12.8 Å². The van der Waals surface area contributed by atoms with E-state index in [1.54, 1.807) is 0 Å². The summed E-state index contributed by atoms with van der Waals surface area (Å²) in [6.45, 7) is 4.28. The van der Waals surface area contributed by atoms with Gasteiger partial charge >= 0.3 is 0 Å². The van der Waals surface area contributed by atoms with E-state index in [9.17, 15) is 9.90 Å². The van der Waals surface area contributed by atoms with Crippen LogP contribution in [0.25, 0.3) is 0 Å². The van der Waals surface area contributed by atoms with Gasteiger partial charge in [0.05, 0.1) is 0 Å². The van der Waals surface area contributed by atoms with Crippen molar-refractivity contribution in [3.63, 3.8) is 0 Å². The predicted molar refractivity (Wildman–Crippen MR) is 78.3 cm³/mol. The normalized spacial score (nSPS) is 33.2. The molecule has 0 aromatic carbocycles. The van der Waals surface area contributed by atoms with Gasteiger partial charge in [0.15, 0.2) is 0 Å². The zero-order valence-corrected chi connectivity index (χ0v) is 12.5. The Kier molecular flexibility index (Phi) is 4.61. The average molecular weight is 280 g/mol. The number of amides is 1. The molecule has 114 valence electrons. The number of likely N-dealkylation sites (tertiary alicyclic amines) is 2. The highest BCUT2D eigenvalue weighted by Crippen LogP contribution is 2.29. The molecule has 2 atom stereocenters. The number of carbonyl (C=O) groups is 1. The Labute approximate surface area is 122 Å². The van der Waals surface area contributed by atoms with Crippen molar-refractivity contribution in [2.45, 2.75) is 51.0 Å². The van der Waals surface area contributed by atoms with Crippen LogP contribution in [-0.2, 0) is 4.79 Å². The van der Waals surface area contributed by atoms with E-state index in [4.69, 9.17) is 0 Å². The topological polar surface area (TPSA) is 43.8 Å². The first kappa shape index (κ1) is 14.3. The highest BCUT2D eigenvalue weighted by Gasteiger charge is 2.33. The fourth-order valence-electron chi connectivity index (χ4n) is 4.31. The SMILES string of the molecule is O=C1CC(CO)CN1CC1CCCN(C2CCCC2)C1. The Balaban J connectivity index is 1.51. The van der Waals surface area contributed by atoms with E-state index < -0.39 is 0 Å². The third-order valence-electron chi connectivity index (χ3n) is 5.42. The Bertz CT molecular complexity index is 341. The lowest BCUT2D eigenvalue weighted by Crippen LogP contribution is -2.45. The lowest BCUT2D eigenvalue weighted by Gasteiger charge is -2.38. The van der Waals surface area contributed by atoms with Crippen LogP contribution in [0, 0.1) is 11.8 Å². The van der Waals surface area contributed by atoms with Crippen LogP contribution in [0.2, 0.25) is 0 Å². The molecule has 0 spiro atoms. The van der Waals surface area contributed by atoms with Crippen molar-refractivity contribution in [2.24, 2.45) is 11.8 Å². The predicted octanol–water partition coefficient (Wildman–Crippen LogP) is 1.48. The molecule has 2 heterocycles. The monoisotopic (exact) mass is 280 g/mol. The third-order valence-corrected chi connectivity index (χ3v) is 5.42. The molecule has 1 amide bonds. The molecule has 20 heavy (non-hydrogen) atoms. The molecule has 0 aromatic heterocycles. The Morgan fingerprint density at radius 3 is 2.55 bits per heavy atom. The largest absolute Gasteiger partial charge is 0.396 e. The third kappa shape index (κ3) is 3.17. The summed E-state index contributed by atoms with van der Waals surface area (Å²) >= 11 is 0. The molecule has 2 aliphatic heterocycles. The summed E-state index contributed by atoms with van der Waals surface area (Å²) in [5.41, 5.74) is 0. The molecule has 0 radical (unpaired) electrons. The standard InChI is InChI=1S/C16H28N2O2/c19-12-14-8-16(20)18(11-14)10-13-4-3-7-17(9-13)15-5-1-2-6-15/h13-15,19H,1-12H2. The van der Waals surface area contributed by atoms with Gasteiger partial charge in [-0.15, -0.1) is 0 Å². The van der Waals surface area contributed by atoms with Crippen LogP contribution < -0.4 is 0 Å². The number of carbonyl (C=O) groups excluding carboxylic acids is 1. The fourth-order valence-corrected chi connectivity index (χ4v) is 4.31. The lowest BCUT2D eigenvalue weighted by molar-refractivity contribution is -0.128. The maximum Gasteiger partial charge on any atom is 0.223 e. The van der Waals surface area contributed by atoms with Crippen molar-refractivity contribution in [3.05, 3.63) is 0 Å². The van der Waals surface area contributed by atoms with E-state index in [0.717, 1.165) is 19.1 Å². The number of piperidine rings is 1. The molecule has 0 bridgehead atoms. The van der Waals surface area contributed by atoms with Crippen molar-refractivity contribution >= 4 is 5.91 Å². The summed E-state index contributed by atoms with van der Waals surface area (Å²) in [6.07, 6.45) is 8.64. The Hall–Kier alpha value is -0.610. The minimum absolute atomic E-state index is 0.154. The molecule has 4 nitrogen and oxygen atoms in total. The van der Waals surface area contributed by atoms with E-state index in [0.29, 0.717) is 12.3 Å². The number of nitrogens with zero attached hydrogens (tertiary/aromatic N) is 2. The van der Waals surface area contributed by atoms with Gasteiger partial charge in [-0.25, -0.2) is 0 Å². The molecule has 1 aliphatic carbocycles. The lowest BCUT2D eigenvalue weighted by atomic mass is 9.95. The van der Waals surface area contributed by atoms with Crippen LogP contribution in [0.4, 0.5) is 0 Å². The summed E-state index contributed by atoms with van der Waals surface area (Å²) in [4.78, 5) is 16.6. The van der Waals surface area contributed by atoms with Crippen LogP contribution in [0.1, 0.15) is 44.9 Å². The first-order chi connectivity index (χ1) is 9.76. The van der Waals surface area contributed by atoms with Gasteiger partial charge in [0, 0.05) is 44.6 Å². The van der Waals surface area contributed by atoms with Gasteiger partial charge in [0.25, 0.3) is 0 Å². The van der Waals surface area contributed by atoms with E-state index in [-0.39, 0.29) is 18.4 Å². The van der Waals surface area contributed by atoms with Crippen molar-refractivity contribution < 1.29 is 9.90 Å². The molecule has 3 fully saturated rings. The first-order valence-corrected chi connectivity index (χ1v) is 8.39. The zero-order valence-electron chi connectivity index (χ0n) is 12.5. The first-order valence-electron chi connectivity index (χ1n) is 8.39. The molecule has 4 heteroatoms. The van der Waals surface area contributed by atoms with Gasteiger partial charge in [0.2, 0.25) is 5.91 Å². The summed E-state index contributed by atoms with van der Waals surface area (Å²) in [5, 5.41) is 9.21. The number of aliphatic hydroxyl groups is 1. The van der Waals surface area contributed by atoms with E-state index in [1.165, 1.54) is 51.6 Å². The molecule has 1 N–H and O–H groups in total. The van der Waals surface area contributed by atoms with Crippen LogP contribution in [0.3, 0.4) is 0 Å². The van der Waals surface area contributed by atoms with Crippen molar-refractivity contribution in [1.29, 1.82) is 0 Å². The van der Waals surface area contributed by atoms with Crippen molar-refractivity contribution in [1.82, 2.24) is 9.80 Å². The van der Waals surface area contributed by atoms with Gasteiger partial charge < -0.3 is 14.9 Å². The second kappa shape index (κ2) is 6.44. The second-order valence-electron chi connectivity index (χ2n) is 6.99.